The van der Waals surface area contributed by atoms with E-state index in [1.807, 2.05) is 33.8 Å². The highest BCUT2D eigenvalue weighted by Gasteiger charge is 2.28. The lowest BCUT2D eigenvalue weighted by Crippen LogP contribution is -2.34. The molecule has 24 heavy (non-hydrogen) atoms. The van der Waals surface area contributed by atoms with E-state index in [1.165, 1.54) is 0 Å². The molecule has 0 saturated heterocycles. The minimum Gasteiger partial charge on any atom is -0.389 e. The van der Waals surface area contributed by atoms with E-state index < -0.39 is 5.60 Å². The summed E-state index contributed by atoms with van der Waals surface area (Å²) in [7, 11) is 0. The molecule has 0 unspecified atom stereocenters. The summed E-state index contributed by atoms with van der Waals surface area (Å²) in [6.07, 6.45) is 2.93. The number of carbonyl (C=O) groups is 2. The number of amides is 2. The molecule has 134 valence electrons. The number of aryl methyl sites for hydroxylation is 1. The van der Waals surface area contributed by atoms with Gasteiger partial charge in [0.1, 0.15) is 0 Å². The first-order valence-corrected chi connectivity index (χ1v) is 8.76. The number of nitrogens with one attached hydrogen (secondary N) is 2. The highest BCUT2D eigenvalue weighted by molar-refractivity contribution is 5.97. The van der Waals surface area contributed by atoms with Crippen LogP contribution in [-0.2, 0) is 4.79 Å². The molecule has 1 aromatic rings. The average Bonchev–Trinajstić information content (AvgIpc) is 2.49. The van der Waals surface area contributed by atoms with Gasteiger partial charge in [0.25, 0.3) is 5.91 Å². The molecule has 1 rings (SSSR count). The van der Waals surface area contributed by atoms with Gasteiger partial charge in [-0.2, -0.15) is 0 Å². The van der Waals surface area contributed by atoms with E-state index in [1.54, 1.807) is 12.1 Å². The first-order valence-electron chi connectivity index (χ1n) is 8.76. The molecule has 0 aliphatic heterocycles. The van der Waals surface area contributed by atoms with Gasteiger partial charge >= 0.3 is 0 Å². The highest BCUT2D eigenvalue weighted by Crippen LogP contribution is 2.25. The second-order valence-corrected chi connectivity index (χ2v) is 6.34. The fraction of sp³-hybridized carbons (Fsp3) is 0.579. The van der Waals surface area contributed by atoms with E-state index in [0.29, 0.717) is 30.6 Å². The van der Waals surface area contributed by atoms with E-state index in [9.17, 15) is 14.7 Å². The Hall–Kier alpha value is -1.88. The summed E-state index contributed by atoms with van der Waals surface area (Å²) >= 11 is 0. The second kappa shape index (κ2) is 9.42. The molecule has 0 radical (unpaired) electrons. The van der Waals surface area contributed by atoms with Crippen LogP contribution in [0.1, 0.15) is 68.8 Å². The van der Waals surface area contributed by atoms with Crippen molar-refractivity contribution in [2.75, 3.05) is 11.9 Å². The topological polar surface area (TPSA) is 78.4 Å². The molecule has 0 fully saturated rings. The summed E-state index contributed by atoms with van der Waals surface area (Å²) in [5.41, 5.74) is 1.04. The van der Waals surface area contributed by atoms with Crippen LogP contribution in [0.15, 0.2) is 18.2 Å². The number of benzene rings is 1. The Morgan fingerprint density at radius 1 is 1.12 bits per heavy atom. The number of carbonyl (C=O) groups excluding carboxylic acids is 2. The number of hydrogen-bond acceptors (Lipinski definition) is 3. The lowest BCUT2D eigenvalue weighted by atomic mass is 9.89. The molecule has 5 nitrogen and oxygen atoms in total. The fourth-order valence-electron chi connectivity index (χ4n) is 2.89. The summed E-state index contributed by atoms with van der Waals surface area (Å²) in [5, 5.41) is 16.2. The second-order valence-electron chi connectivity index (χ2n) is 6.34. The van der Waals surface area contributed by atoms with Gasteiger partial charge < -0.3 is 15.7 Å². The van der Waals surface area contributed by atoms with Crippen molar-refractivity contribution in [3.05, 3.63) is 29.3 Å². The predicted molar refractivity (Wildman–Crippen MR) is 97.2 cm³/mol. The van der Waals surface area contributed by atoms with Crippen LogP contribution in [0.3, 0.4) is 0 Å². The smallest absolute Gasteiger partial charge is 0.251 e. The van der Waals surface area contributed by atoms with Crippen LogP contribution in [0.2, 0.25) is 0 Å². The normalized spacial score (nSPS) is 11.2. The van der Waals surface area contributed by atoms with E-state index >= 15 is 0 Å². The fourth-order valence-corrected chi connectivity index (χ4v) is 2.89. The Morgan fingerprint density at radius 2 is 1.75 bits per heavy atom. The minimum atomic E-state index is -0.960. The van der Waals surface area contributed by atoms with Gasteiger partial charge in [0.05, 0.1) is 12.0 Å². The SMILES string of the molecule is CCCC(O)(CCC)CC(=O)Nc1cc(C(=O)NCC)ccc1C. The van der Waals surface area contributed by atoms with Gasteiger partial charge in [0.15, 0.2) is 0 Å². The van der Waals surface area contributed by atoms with Crippen molar-refractivity contribution in [1.29, 1.82) is 0 Å². The minimum absolute atomic E-state index is 0.0690. The van der Waals surface area contributed by atoms with Gasteiger partial charge in [-0.1, -0.05) is 32.8 Å². The van der Waals surface area contributed by atoms with Crippen molar-refractivity contribution in [2.45, 2.75) is 65.4 Å². The quantitative estimate of drug-likeness (QED) is 0.647. The first-order chi connectivity index (χ1) is 11.3. The van der Waals surface area contributed by atoms with Crippen LogP contribution in [0, 0.1) is 6.92 Å². The Morgan fingerprint density at radius 3 is 2.29 bits per heavy atom. The maximum Gasteiger partial charge on any atom is 0.251 e. The summed E-state index contributed by atoms with van der Waals surface area (Å²) in [6.45, 7) is 8.28. The maximum atomic E-state index is 12.4. The molecule has 0 aliphatic rings. The lowest BCUT2D eigenvalue weighted by molar-refractivity contribution is -0.121. The molecule has 3 N–H and O–H groups in total. The summed E-state index contributed by atoms with van der Waals surface area (Å²) in [6, 6.07) is 5.22. The largest absolute Gasteiger partial charge is 0.389 e. The van der Waals surface area contributed by atoms with Crippen LogP contribution >= 0.6 is 0 Å². The molecule has 0 spiro atoms. The zero-order chi connectivity index (χ0) is 18.2. The van der Waals surface area contributed by atoms with Gasteiger partial charge in [-0.15, -0.1) is 0 Å². The zero-order valence-electron chi connectivity index (χ0n) is 15.2. The average molecular weight is 334 g/mol. The Balaban J connectivity index is 2.85. The molecular formula is C19H30N2O3. The van der Waals surface area contributed by atoms with Crippen molar-refractivity contribution < 1.29 is 14.7 Å². The van der Waals surface area contributed by atoms with Crippen LogP contribution < -0.4 is 10.6 Å². The van der Waals surface area contributed by atoms with Gasteiger partial charge in [-0.05, 0) is 44.4 Å². The number of rotatable bonds is 9. The van der Waals surface area contributed by atoms with Crippen LogP contribution in [0.25, 0.3) is 0 Å². The molecule has 1 aromatic carbocycles. The van der Waals surface area contributed by atoms with Crippen molar-refractivity contribution >= 4 is 17.5 Å². The third-order valence-corrected chi connectivity index (χ3v) is 4.03. The standard InChI is InChI=1S/C19H30N2O3/c1-5-10-19(24,11-6-2)13-17(22)21-16-12-15(9-8-14(16)4)18(23)20-7-3/h8-9,12,24H,5-7,10-11,13H2,1-4H3,(H,20,23)(H,21,22). The third kappa shape index (κ3) is 5.96. The Labute approximate surface area is 144 Å². The zero-order valence-corrected chi connectivity index (χ0v) is 15.2. The Bertz CT molecular complexity index is 564. The van der Waals surface area contributed by atoms with E-state index in [2.05, 4.69) is 10.6 Å². The van der Waals surface area contributed by atoms with E-state index in [-0.39, 0.29) is 18.2 Å². The molecule has 0 saturated carbocycles. The Kier molecular flexibility index (Phi) is 7.92. The molecule has 0 bridgehead atoms. The predicted octanol–water partition coefficient (Wildman–Crippen LogP) is 3.40. The number of hydrogen-bond donors (Lipinski definition) is 3. The monoisotopic (exact) mass is 334 g/mol. The summed E-state index contributed by atoms with van der Waals surface area (Å²) in [5.74, 6) is -0.392. The number of aliphatic hydroxyl groups is 1. The van der Waals surface area contributed by atoms with Gasteiger partial charge in [-0.25, -0.2) is 0 Å². The number of anilines is 1. The van der Waals surface area contributed by atoms with Gasteiger partial charge in [-0.3, -0.25) is 9.59 Å². The molecule has 2 amide bonds. The molecule has 5 heteroatoms. The molecule has 0 atom stereocenters. The van der Waals surface area contributed by atoms with Crippen molar-refractivity contribution in [1.82, 2.24) is 5.32 Å². The van der Waals surface area contributed by atoms with Crippen LogP contribution in [0.4, 0.5) is 5.69 Å². The first kappa shape index (κ1) is 20.2. The molecule has 0 heterocycles. The third-order valence-electron chi connectivity index (χ3n) is 4.03. The van der Waals surface area contributed by atoms with Crippen molar-refractivity contribution in [3.8, 4) is 0 Å². The van der Waals surface area contributed by atoms with Crippen LogP contribution in [0.5, 0.6) is 0 Å². The molecular weight excluding hydrogens is 304 g/mol. The highest BCUT2D eigenvalue weighted by atomic mass is 16.3. The maximum absolute atomic E-state index is 12.4. The van der Waals surface area contributed by atoms with E-state index in [0.717, 1.165) is 18.4 Å². The van der Waals surface area contributed by atoms with E-state index in [4.69, 9.17) is 0 Å². The summed E-state index contributed by atoms with van der Waals surface area (Å²) < 4.78 is 0. The molecule has 0 aromatic heterocycles. The van der Waals surface area contributed by atoms with Crippen LogP contribution in [-0.4, -0.2) is 29.1 Å². The van der Waals surface area contributed by atoms with Gasteiger partial charge in [0, 0.05) is 17.8 Å². The van der Waals surface area contributed by atoms with Crippen molar-refractivity contribution in [3.63, 3.8) is 0 Å². The molecule has 0 aliphatic carbocycles. The van der Waals surface area contributed by atoms with Gasteiger partial charge in [0.2, 0.25) is 5.91 Å². The van der Waals surface area contributed by atoms with Crippen molar-refractivity contribution in [2.24, 2.45) is 0 Å². The summed E-state index contributed by atoms with van der Waals surface area (Å²) in [4.78, 5) is 24.3. The lowest BCUT2D eigenvalue weighted by Gasteiger charge is -2.27.